The van der Waals surface area contributed by atoms with E-state index in [0.717, 1.165) is 0 Å². The lowest BCUT2D eigenvalue weighted by Gasteiger charge is -2.12. The summed E-state index contributed by atoms with van der Waals surface area (Å²) in [6.07, 6.45) is 1.37. The molecule has 0 aliphatic heterocycles. The first-order valence-electron chi connectivity index (χ1n) is 8.12. The molecule has 0 amide bonds. The van der Waals surface area contributed by atoms with Crippen LogP contribution < -0.4 is 15.0 Å². The summed E-state index contributed by atoms with van der Waals surface area (Å²) in [5, 5.41) is 11.1. The molecule has 1 N–H and O–H groups in total. The molecule has 8 nitrogen and oxygen atoms in total. The topological polar surface area (TPSA) is 94.9 Å². The van der Waals surface area contributed by atoms with E-state index >= 15 is 0 Å². The van der Waals surface area contributed by atoms with Crippen molar-refractivity contribution in [3.63, 3.8) is 0 Å². The van der Waals surface area contributed by atoms with Crippen LogP contribution in [0.1, 0.15) is 0 Å². The van der Waals surface area contributed by atoms with Gasteiger partial charge >= 0.3 is 0 Å². The average molecular weight is 361 g/mol. The van der Waals surface area contributed by atoms with Crippen LogP contribution >= 0.6 is 0 Å². The van der Waals surface area contributed by atoms with Gasteiger partial charge in [0.2, 0.25) is 0 Å². The third-order valence-corrected chi connectivity index (χ3v) is 3.82. The molecule has 0 unspecified atom stereocenters. The van der Waals surface area contributed by atoms with Crippen LogP contribution in [0.2, 0.25) is 0 Å². The summed E-state index contributed by atoms with van der Waals surface area (Å²) in [6, 6.07) is 17.5. The van der Waals surface area contributed by atoms with Crippen LogP contribution in [0.15, 0.2) is 71.8 Å². The van der Waals surface area contributed by atoms with Gasteiger partial charge in [-0.2, -0.15) is 14.9 Å². The van der Waals surface area contributed by atoms with Crippen molar-refractivity contribution in [2.45, 2.75) is 0 Å². The predicted octanol–water partition coefficient (Wildman–Crippen LogP) is 2.82. The molecule has 8 heteroatoms. The van der Waals surface area contributed by atoms with Crippen LogP contribution in [-0.2, 0) is 0 Å². The number of hydrogen-bond donors (Lipinski definition) is 1. The van der Waals surface area contributed by atoms with Crippen molar-refractivity contribution < 1.29 is 9.47 Å². The Hall–Kier alpha value is -3.94. The third kappa shape index (κ3) is 3.40. The first-order chi connectivity index (χ1) is 13.2. The van der Waals surface area contributed by atoms with E-state index in [9.17, 15) is 4.79 Å². The summed E-state index contributed by atoms with van der Waals surface area (Å²) in [5.41, 5.74) is 0.619. The summed E-state index contributed by atoms with van der Waals surface area (Å²) < 4.78 is 12.3. The van der Waals surface area contributed by atoms with Crippen molar-refractivity contribution in [1.29, 1.82) is 0 Å². The molecule has 2 aromatic carbocycles. The number of aromatic nitrogens is 5. The number of ether oxygens (including phenoxy) is 2. The third-order valence-electron chi connectivity index (χ3n) is 3.82. The Kier molecular flexibility index (Phi) is 4.36. The highest BCUT2D eigenvalue weighted by Gasteiger charge is 2.16. The molecule has 4 aromatic rings. The molecule has 134 valence electrons. The zero-order chi connectivity index (χ0) is 18.6. The van der Waals surface area contributed by atoms with Crippen LogP contribution in [-0.4, -0.2) is 32.1 Å². The molecular weight excluding hydrogens is 346 g/mol. The Bertz CT molecular complexity index is 1090. The van der Waals surface area contributed by atoms with Gasteiger partial charge in [0.05, 0.1) is 18.9 Å². The highest BCUT2D eigenvalue weighted by atomic mass is 16.5. The van der Waals surface area contributed by atoms with Crippen molar-refractivity contribution in [2.24, 2.45) is 0 Å². The van der Waals surface area contributed by atoms with Crippen molar-refractivity contribution >= 4 is 0 Å². The molecule has 0 fully saturated rings. The van der Waals surface area contributed by atoms with E-state index in [1.54, 1.807) is 43.5 Å². The van der Waals surface area contributed by atoms with Crippen molar-refractivity contribution in [2.75, 3.05) is 7.11 Å². The molecule has 0 radical (unpaired) electrons. The molecule has 4 rings (SSSR count). The van der Waals surface area contributed by atoms with Gasteiger partial charge in [0.1, 0.15) is 17.8 Å². The number of para-hydroxylation sites is 1. The van der Waals surface area contributed by atoms with Crippen LogP contribution in [0, 0.1) is 0 Å². The second-order valence-corrected chi connectivity index (χ2v) is 5.55. The maximum atomic E-state index is 12.6. The normalized spacial score (nSPS) is 10.6. The standard InChI is InChI=1S/C19H15N5O3/c1-26-14-9-7-13(8-10-14)24-17(25)11-16(27-15-5-3-2-4-6-15)18(23-24)19-20-12-21-22-19/h2-12H,1H3,(H,20,21,22). The van der Waals surface area contributed by atoms with E-state index in [2.05, 4.69) is 20.3 Å². The van der Waals surface area contributed by atoms with E-state index in [4.69, 9.17) is 9.47 Å². The van der Waals surface area contributed by atoms with Gasteiger partial charge in [-0.15, -0.1) is 0 Å². The molecule has 0 saturated carbocycles. The van der Waals surface area contributed by atoms with Gasteiger partial charge < -0.3 is 9.47 Å². The van der Waals surface area contributed by atoms with Crippen molar-refractivity contribution in [1.82, 2.24) is 25.0 Å². The summed E-state index contributed by atoms with van der Waals surface area (Å²) >= 11 is 0. The number of benzene rings is 2. The minimum absolute atomic E-state index is 0.285. The molecule has 0 aliphatic rings. The fourth-order valence-corrected chi connectivity index (χ4v) is 2.53. The predicted molar refractivity (Wildman–Crippen MR) is 98.3 cm³/mol. The summed E-state index contributed by atoms with van der Waals surface area (Å²) in [5.74, 6) is 1.95. The lowest BCUT2D eigenvalue weighted by atomic mass is 10.3. The number of H-pyrrole nitrogens is 1. The molecule has 0 aliphatic carbocycles. The summed E-state index contributed by atoms with van der Waals surface area (Å²) in [6.45, 7) is 0. The van der Waals surface area contributed by atoms with Gasteiger partial charge in [-0.25, -0.2) is 4.98 Å². The number of nitrogens with one attached hydrogen (secondary N) is 1. The second kappa shape index (κ2) is 7.12. The lowest BCUT2D eigenvalue weighted by molar-refractivity contribution is 0.414. The average Bonchev–Trinajstić information content (AvgIpc) is 3.24. The lowest BCUT2D eigenvalue weighted by Crippen LogP contribution is -2.21. The molecule has 27 heavy (non-hydrogen) atoms. The molecule has 0 atom stereocenters. The molecule has 0 saturated heterocycles. The number of hydrogen-bond acceptors (Lipinski definition) is 6. The smallest absolute Gasteiger partial charge is 0.275 e. The highest BCUT2D eigenvalue weighted by Crippen LogP contribution is 2.28. The Morgan fingerprint density at radius 3 is 2.44 bits per heavy atom. The van der Waals surface area contributed by atoms with Crippen LogP contribution in [0.25, 0.3) is 17.2 Å². The second-order valence-electron chi connectivity index (χ2n) is 5.55. The van der Waals surface area contributed by atoms with Crippen LogP contribution in [0.5, 0.6) is 17.2 Å². The Morgan fingerprint density at radius 1 is 1.00 bits per heavy atom. The van der Waals surface area contributed by atoms with E-state index in [-0.39, 0.29) is 11.3 Å². The van der Waals surface area contributed by atoms with Crippen LogP contribution in [0.4, 0.5) is 0 Å². The minimum atomic E-state index is -0.339. The molecule has 2 heterocycles. The van der Waals surface area contributed by atoms with Gasteiger partial charge in [0.15, 0.2) is 17.3 Å². The van der Waals surface area contributed by atoms with Gasteiger partial charge in [-0.3, -0.25) is 9.89 Å². The van der Waals surface area contributed by atoms with Crippen molar-refractivity contribution in [3.8, 4) is 34.5 Å². The number of rotatable bonds is 5. The molecule has 2 aromatic heterocycles. The molecule has 0 spiro atoms. The summed E-state index contributed by atoms with van der Waals surface area (Å²) in [7, 11) is 1.58. The van der Waals surface area contributed by atoms with Gasteiger partial charge in [-0.05, 0) is 36.4 Å². The molecule has 0 bridgehead atoms. The Morgan fingerprint density at radius 2 is 1.78 bits per heavy atom. The number of nitrogens with zero attached hydrogens (tertiary/aromatic N) is 4. The van der Waals surface area contributed by atoms with Gasteiger partial charge in [0, 0.05) is 0 Å². The Balaban J connectivity index is 1.83. The van der Waals surface area contributed by atoms with Gasteiger partial charge in [0.25, 0.3) is 5.56 Å². The van der Waals surface area contributed by atoms with Crippen LogP contribution in [0.3, 0.4) is 0 Å². The monoisotopic (exact) mass is 361 g/mol. The fourth-order valence-electron chi connectivity index (χ4n) is 2.53. The van der Waals surface area contributed by atoms with E-state index in [1.165, 1.54) is 17.1 Å². The minimum Gasteiger partial charge on any atom is -0.497 e. The SMILES string of the molecule is COc1ccc(-n2nc(-c3ncn[nH]3)c(Oc3ccccc3)cc2=O)cc1. The Labute approximate surface area is 154 Å². The zero-order valence-electron chi connectivity index (χ0n) is 14.4. The van der Waals surface area contributed by atoms with Crippen molar-refractivity contribution in [3.05, 3.63) is 77.3 Å². The zero-order valence-corrected chi connectivity index (χ0v) is 14.4. The van der Waals surface area contributed by atoms with E-state index in [1.807, 2.05) is 18.2 Å². The quantitative estimate of drug-likeness (QED) is 0.587. The highest BCUT2D eigenvalue weighted by molar-refractivity contribution is 5.59. The van der Waals surface area contributed by atoms with E-state index in [0.29, 0.717) is 28.7 Å². The maximum Gasteiger partial charge on any atom is 0.275 e. The first-order valence-corrected chi connectivity index (χ1v) is 8.12. The fraction of sp³-hybridized carbons (Fsp3) is 0.0526. The first kappa shape index (κ1) is 16.5. The summed E-state index contributed by atoms with van der Waals surface area (Å²) in [4.78, 5) is 16.8. The largest absolute Gasteiger partial charge is 0.497 e. The van der Waals surface area contributed by atoms with Gasteiger partial charge in [-0.1, -0.05) is 18.2 Å². The maximum absolute atomic E-state index is 12.6. The van der Waals surface area contributed by atoms with E-state index < -0.39 is 0 Å². The number of methoxy groups -OCH3 is 1. The number of aromatic amines is 1. The molecular formula is C19H15N5O3.